The first-order valence-corrected chi connectivity index (χ1v) is 4.03. The average molecular weight is 200 g/mol. The molecular formula is C10H10F2O2. The summed E-state index contributed by atoms with van der Waals surface area (Å²) >= 11 is 0. The number of hydrogen-bond donors (Lipinski definition) is 0. The first kappa shape index (κ1) is 10.6. The second-order valence-electron chi connectivity index (χ2n) is 2.82. The van der Waals surface area contributed by atoms with Crippen molar-refractivity contribution >= 4 is 5.78 Å². The molecule has 0 fully saturated rings. The smallest absolute Gasteiger partial charge is 0.263 e. The zero-order valence-electron chi connectivity index (χ0n) is 7.88. The van der Waals surface area contributed by atoms with E-state index in [9.17, 15) is 13.6 Å². The maximum Gasteiger partial charge on any atom is 0.263 e. The summed E-state index contributed by atoms with van der Waals surface area (Å²) in [5.74, 6) is -0.0158. The summed E-state index contributed by atoms with van der Waals surface area (Å²) in [6.45, 7) is 1.36. The Bertz CT molecular complexity index is 348. The molecule has 14 heavy (non-hydrogen) atoms. The Kier molecular flexibility index (Phi) is 3.17. The third-order valence-corrected chi connectivity index (χ3v) is 1.86. The van der Waals surface area contributed by atoms with Gasteiger partial charge in [-0.15, -0.1) is 0 Å². The van der Waals surface area contributed by atoms with E-state index in [0.29, 0.717) is 5.56 Å². The van der Waals surface area contributed by atoms with Gasteiger partial charge in [0.2, 0.25) is 0 Å². The van der Waals surface area contributed by atoms with Gasteiger partial charge >= 0.3 is 0 Å². The number of hydrogen-bond acceptors (Lipinski definition) is 2. The van der Waals surface area contributed by atoms with Gasteiger partial charge in [0.1, 0.15) is 5.75 Å². The molecule has 2 nitrogen and oxygen atoms in total. The van der Waals surface area contributed by atoms with Gasteiger partial charge in [0.15, 0.2) is 5.78 Å². The Balaban J connectivity index is 3.18. The minimum atomic E-state index is -2.55. The normalized spacial score (nSPS) is 10.4. The van der Waals surface area contributed by atoms with Crippen LogP contribution in [-0.4, -0.2) is 12.9 Å². The van der Waals surface area contributed by atoms with Gasteiger partial charge in [-0.25, -0.2) is 8.78 Å². The first-order chi connectivity index (χ1) is 6.56. The fourth-order valence-corrected chi connectivity index (χ4v) is 1.13. The molecule has 4 heteroatoms. The number of benzene rings is 1. The van der Waals surface area contributed by atoms with E-state index < -0.39 is 6.43 Å². The highest BCUT2D eigenvalue weighted by Gasteiger charge is 2.13. The van der Waals surface area contributed by atoms with Crippen molar-refractivity contribution in [1.82, 2.24) is 0 Å². The molecule has 0 bridgehead atoms. The van der Waals surface area contributed by atoms with E-state index in [0.717, 1.165) is 0 Å². The number of ether oxygens (including phenoxy) is 1. The van der Waals surface area contributed by atoms with Crippen molar-refractivity contribution in [3.05, 3.63) is 29.3 Å². The topological polar surface area (TPSA) is 26.3 Å². The highest BCUT2D eigenvalue weighted by atomic mass is 19.3. The lowest BCUT2D eigenvalue weighted by Crippen LogP contribution is -1.98. The molecule has 1 aromatic carbocycles. The van der Waals surface area contributed by atoms with Gasteiger partial charge in [-0.2, -0.15) is 0 Å². The van der Waals surface area contributed by atoms with Crippen molar-refractivity contribution in [2.75, 3.05) is 7.11 Å². The predicted molar refractivity (Wildman–Crippen MR) is 48.0 cm³/mol. The fraction of sp³-hybridized carbons (Fsp3) is 0.300. The number of carbonyl (C=O) groups is 1. The van der Waals surface area contributed by atoms with Crippen LogP contribution in [-0.2, 0) is 0 Å². The Labute approximate surface area is 80.5 Å². The molecule has 1 rings (SSSR count). The molecule has 1 aromatic rings. The standard InChI is InChI=1S/C10H10F2O2/c1-6(13)8-4-3-7(10(11)12)5-9(8)14-2/h3-5,10H,1-2H3. The summed E-state index contributed by atoms with van der Waals surface area (Å²) in [5.41, 5.74) is 0.170. The molecule has 0 spiro atoms. The molecule has 0 aliphatic heterocycles. The van der Waals surface area contributed by atoms with Gasteiger partial charge in [-0.3, -0.25) is 4.79 Å². The van der Waals surface area contributed by atoms with E-state index in [4.69, 9.17) is 4.74 Å². The molecule has 0 aliphatic rings. The SMILES string of the molecule is COc1cc(C(F)F)ccc1C(C)=O. The lowest BCUT2D eigenvalue weighted by Gasteiger charge is -2.07. The van der Waals surface area contributed by atoms with E-state index in [1.165, 1.54) is 32.2 Å². The molecule has 76 valence electrons. The summed E-state index contributed by atoms with van der Waals surface area (Å²) in [4.78, 5) is 11.0. The van der Waals surface area contributed by atoms with Crippen molar-refractivity contribution in [1.29, 1.82) is 0 Å². The summed E-state index contributed by atoms with van der Waals surface area (Å²) in [7, 11) is 1.34. The molecule has 0 aromatic heterocycles. The summed E-state index contributed by atoms with van der Waals surface area (Å²) in [5, 5.41) is 0. The van der Waals surface area contributed by atoms with Crippen LogP contribution in [0.3, 0.4) is 0 Å². The van der Waals surface area contributed by atoms with Crippen LogP contribution in [0, 0.1) is 0 Å². The molecule has 0 atom stereocenters. The number of alkyl halides is 2. The van der Waals surface area contributed by atoms with Crippen molar-refractivity contribution in [3.63, 3.8) is 0 Å². The van der Waals surface area contributed by atoms with Gasteiger partial charge in [0.25, 0.3) is 6.43 Å². The van der Waals surface area contributed by atoms with Gasteiger partial charge < -0.3 is 4.74 Å². The summed E-state index contributed by atoms with van der Waals surface area (Å²) in [6.07, 6.45) is -2.55. The van der Waals surface area contributed by atoms with Gasteiger partial charge in [0, 0.05) is 5.56 Å². The van der Waals surface area contributed by atoms with Crippen LogP contribution in [0.25, 0.3) is 0 Å². The monoisotopic (exact) mass is 200 g/mol. The van der Waals surface area contributed by atoms with Gasteiger partial charge in [-0.05, 0) is 19.1 Å². The fourth-order valence-electron chi connectivity index (χ4n) is 1.13. The summed E-state index contributed by atoms with van der Waals surface area (Å²) < 4.78 is 29.4. The molecule has 0 heterocycles. The molecule has 0 radical (unpaired) electrons. The maximum atomic E-state index is 12.3. The zero-order valence-corrected chi connectivity index (χ0v) is 7.88. The average Bonchev–Trinajstić information content (AvgIpc) is 2.16. The summed E-state index contributed by atoms with van der Waals surface area (Å²) in [6, 6.07) is 3.76. The van der Waals surface area contributed by atoms with Crippen LogP contribution >= 0.6 is 0 Å². The first-order valence-electron chi connectivity index (χ1n) is 4.03. The second-order valence-corrected chi connectivity index (χ2v) is 2.82. The number of halogens is 2. The number of carbonyl (C=O) groups excluding carboxylic acids is 1. The highest BCUT2D eigenvalue weighted by Crippen LogP contribution is 2.26. The van der Waals surface area contributed by atoms with E-state index >= 15 is 0 Å². The molecule has 0 aliphatic carbocycles. The molecule has 0 unspecified atom stereocenters. The Hall–Kier alpha value is -1.45. The highest BCUT2D eigenvalue weighted by molar-refractivity contribution is 5.96. The number of rotatable bonds is 3. The molecular weight excluding hydrogens is 190 g/mol. The number of methoxy groups -OCH3 is 1. The lowest BCUT2D eigenvalue weighted by molar-refractivity contribution is 0.101. The van der Waals surface area contributed by atoms with Crippen molar-refractivity contribution in [2.45, 2.75) is 13.3 Å². The minimum absolute atomic E-state index is 0.146. The van der Waals surface area contributed by atoms with Crippen LogP contribution in [0.2, 0.25) is 0 Å². The maximum absolute atomic E-state index is 12.3. The Morgan fingerprint density at radius 3 is 2.50 bits per heavy atom. The Morgan fingerprint density at radius 1 is 1.43 bits per heavy atom. The van der Waals surface area contributed by atoms with Crippen LogP contribution in [0.4, 0.5) is 8.78 Å². The van der Waals surface area contributed by atoms with E-state index in [2.05, 4.69) is 0 Å². The van der Waals surface area contributed by atoms with Crippen molar-refractivity contribution < 1.29 is 18.3 Å². The van der Waals surface area contributed by atoms with Gasteiger partial charge in [0.05, 0.1) is 12.7 Å². The molecule has 0 N–H and O–H groups in total. The number of Topliss-reactive ketones (excluding diaryl/α,β-unsaturated/α-hetero) is 1. The van der Waals surface area contributed by atoms with Crippen molar-refractivity contribution in [2.24, 2.45) is 0 Å². The quantitative estimate of drug-likeness (QED) is 0.701. The number of ketones is 1. The van der Waals surface area contributed by atoms with Crippen molar-refractivity contribution in [3.8, 4) is 5.75 Å². The second kappa shape index (κ2) is 4.17. The van der Waals surface area contributed by atoms with E-state index in [1.807, 2.05) is 0 Å². The minimum Gasteiger partial charge on any atom is -0.496 e. The zero-order chi connectivity index (χ0) is 10.7. The largest absolute Gasteiger partial charge is 0.496 e. The van der Waals surface area contributed by atoms with E-state index in [-0.39, 0.29) is 17.1 Å². The third kappa shape index (κ3) is 2.07. The van der Waals surface area contributed by atoms with Crippen LogP contribution in [0.1, 0.15) is 29.3 Å². The molecule has 0 saturated carbocycles. The van der Waals surface area contributed by atoms with Gasteiger partial charge in [-0.1, -0.05) is 6.07 Å². The van der Waals surface area contributed by atoms with E-state index in [1.54, 1.807) is 0 Å². The molecule has 0 amide bonds. The molecule has 0 saturated heterocycles. The Morgan fingerprint density at radius 2 is 2.07 bits per heavy atom. The van der Waals surface area contributed by atoms with Crippen LogP contribution in [0.5, 0.6) is 5.75 Å². The van der Waals surface area contributed by atoms with Crippen LogP contribution < -0.4 is 4.74 Å². The van der Waals surface area contributed by atoms with Crippen LogP contribution in [0.15, 0.2) is 18.2 Å². The lowest BCUT2D eigenvalue weighted by atomic mass is 10.1. The predicted octanol–water partition coefficient (Wildman–Crippen LogP) is 2.84. The third-order valence-electron chi connectivity index (χ3n) is 1.86.